The summed E-state index contributed by atoms with van der Waals surface area (Å²) in [6.07, 6.45) is 0.840. The second kappa shape index (κ2) is 26.9. The Hall–Kier alpha value is 0.620. The molecule has 13 heteroatoms. The fourth-order valence-electron chi connectivity index (χ4n) is 1.86. The average Bonchev–Trinajstić information content (AvgIpc) is 2.70. The molecular formula is C18H45BrN2O8P2. The Labute approximate surface area is 197 Å². The molecule has 0 rings (SSSR count). The molecule has 0 aliphatic carbocycles. The molecule has 0 aromatic heterocycles. The first-order valence-electron chi connectivity index (χ1n) is 10.5. The molecule has 0 saturated heterocycles. The lowest BCUT2D eigenvalue weighted by Crippen LogP contribution is -2.23. The number of methoxy groups -OCH3 is 2. The molecule has 31 heavy (non-hydrogen) atoms. The van der Waals surface area contributed by atoms with E-state index < -0.39 is 15.2 Å². The van der Waals surface area contributed by atoms with Gasteiger partial charge >= 0.3 is 15.2 Å². The third-order valence-electron chi connectivity index (χ3n) is 3.03. The van der Waals surface area contributed by atoms with Crippen molar-refractivity contribution in [2.75, 3.05) is 91.1 Å². The lowest BCUT2D eigenvalue weighted by atomic mass is 10.6. The van der Waals surface area contributed by atoms with Crippen molar-refractivity contribution in [2.45, 2.75) is 27.7 Å². The predicted molar refractivity (Wildman–Crippen MR) is 131 cm³/mol. The van der Waals surface area contributed by atoms with Crippen LogP contribution in [0.15, 0.2) is 0 Å². The molecule has 10 nitrogen and oxygen atoms in total. The Bertz CT molecular complexity index is 415. The number of ether oxygens (including phenoxy) is 2. The van der Waals surface area contributed by atoms with Crippen LogP contribution in [-0.4, -0.2) is 91.1 Å². The molecule has 0 unspecified atom stereocenters. The number of nitrogens with one attached hydrogen (secondary N) is 1. The summed E-state index contributed by atoms with van der Waals surface area (Å²) in [6, 6.07) is 0. The van der Waals surface area contributed by atoms with Gasteiger partial charge in [0.05, 0.1) is 52.0 Å². The molecule has 3 N–H and O–H groups in total. The van der Waals surface area contributed by atoms with E-state index >= 15 is 0 Å². The highest BCUT2D eigenvalue weighted by molar-refractivity contribution is 9.09. The van der Waals surface area contributed by atoms with Crippen LogP contribution in [0.2, 0.25) is 0 Å². The lowest BCUT2D eigenvalue weighted by Gasteiger charge is -2.16. The minimum absolute atomic E-state index is 0.401. The smallest absolute Gasteiger partial charge is 0.331 e. The molecule has 0 atom stereocenters. The van der Waals surface area contributed by atoms with E-state index in [1.165, 1.54) is 0 Å². The summed E-state index contributed by atoms with van der Waals surface area (Å²) < 4.78 is 53.2. The van der Waals surface area contributed by atoms with Gasteiger partial charge in [0, 0.05) is 39.2 Å². The van der Waals surface area contributed by atoms with Gasteiger partial charge in [0.25, 0.3) is 0 Å². The first-order chi connectivity index (χ1) is 14.8. The van der Waals surface area contributed by atoms with Crippen molar-refractivity contribution in [3.63, 3.8) is 0 Å². The summed E-state index contributed by atoms with van der Waals surface area (Å²) in [5.41, 5.74) is 5.01. The van der Waals surface area contributed by atoms with Crippen molar-refractivity contribution >= 4 is 31.1 Å². The van der Waals surface area contributed by atoms with E-state index in [2.05, 4.69) is 26.0 Å². The highest BCUT2D eigenvalue weighted by Gasteiger charge is 2.22. The van der Waals surface area contributed by atoms with E-state index in [4.69, 9.17) is 28.6 Å². The number of rotatable bonds is 18. The number of hydrogen-bond donors (Lipinski definition) is 2. The Morgan fingerprint density at radius 3 is 1.45 bits per heavy atom. The fraction of sp³-hybridized carbons (Fsp3) is 1.00. The summed E-state index contributed by atoms with van der Waals surface area (Å²) in [4.78, 5) is 0. The van der Waals surface area contributed by atoms with Crippen molar-refractivity contribution in [3.05, 3.63) is 0 Å². The molecule has 0 aliphatic rings. The summed E-state index contributed by atoms with van der Waals surface area (Å²) in [7, 11) is -2.36. The second-order valence-electron chi connectivity index (χ2n) is 5.55. The van der Waals surface area contributed by atoms with E-state index in [1.807, 2.05) is 13.8 Å². The molecular weight excluding hydrogens is 514 g/mol. The average molecular weight is 559 g/mol. The van der Waals surface area contributed by atoms with Gasteiger partial charge < -0.3 is 38.6 Å². The van der Waals surface area contributed by atoms with Crippen LogP contribution in [0.25, 0.3) is 0 Å². The zero-order valence-electron chi connectivity index (χ0n) is 20.1. The van der Waals surface area contributed by atoms with E-state index in [1.54, 1.807) is 28.1 Å². The maximum absolute atomic E-state index is 11.9. The Balaban J connectivity index is -0.000000428. The van der Waals surface area contributed by atoms with Gasteiger partial charge in [0.1, 0.15) is 0 Å². The zero-order valence-corrected chi connectivity index (χ0v) is 23.5. The third kappa shape index (κ3) is 26.8. The van der Waals surface area contributed by atoms with Crippen molar-refractivity contribution < 1.29 is 36.7 Å². The Morgan fingerprint density at radius 1 is 0.742 bits per heavy atom. The van der Waals surface area contributed by atoms with Gasteiger partial charge in [-0.25, -0.2) is 0 Å². The van der Waals surface area contributed by atoms with Gasteiger partial charge in [-0.15, -0.1) is 0 Å². The van der Waals surface area contributed by atoms with Crippen molar-refractivity contribution in [3.8, 4) is 0 Å². The van der Waals surface area contributed by atoms with Crippen LogP contribution >= 0.6 is 31.1 Å². The fourth-order valence-corrected chi connectivity index (χ4v) is 6.04. The summed E-state index contributed by atoms with van der Waals surface area (Å²) in [5, 5.41) is 3.74. The van der Waals surface area contributed by atoms with Crippen molar-refractivity contribution in [1.82, 2.24) is 5.32 Å². The van der Waals surface area contributed by atoms with Gasteiger partial charge in [-0.2, -0.15) is 0 Å². The number of alkyl halides is 1. The third-order valence-corrected chi connectivity index (χ3v) is 8.19. The molecule has 0 aliphatic heterocycles. The monoisotopic (exact) mass is 558 g/mol. The highest BCUT2D eigenvalue weighted by Crippen LogP contribution is 2.48. The van der Waals surface area contributed by atoms with E-state index in [9.17, 15) is 9.13 Å². The summed E-state index contributed by atoms with van der Waals surface area (Å²) >= 11 is 3.19. The number of nitrogens with two attached hydrogens (primary N) is 1. The standard InChI is InChI=1S/C9H22NO4P.C6H14BrO3P.C3H9NO/c1-4-13-15(11,14-5-2)9-7-10-6-8-12-3;1-3-9-11(8,6-5-7)10-4-2;1-5-3-2-4/h10H,4-9H2,1-3H3;3-6H2,1-2H3;2-4H2,1H3. The molecule has 0 aromatic rings. The molecule has 0 amide bonds. The van der Waals surface area contributed by atoms with Gasteiger partial charge in [-0.05, 0) is 27.7 Å². The summed E-state index contributed by atoms with van der Waals surface area (Å²) in [5.74, 6) is 0. The quantitative estimate of drug-likeness (QED) is 0.146. The molecule has 192 valence electrons. The SMILES string of the molecule is CCOP(=O)(CCBr)OCC.CCOP(=O)(CCNCCOC)OCC.COCCN. The van der Waals surface area contributed by atoms with E-state index in [0.29, 0.717) is 70.4 Å². The van der Waals surface area contributed by atoms with Gasteiger partial charge in [-0.3, -0.25) is 9.13 Å². The van der Waals surface area contributed by atoms with Crippen molar-refractivity contribution in [2.24, 2.45) is 5.73 Å². The number of halogens is 1. The van der Waals surface area contributed by atoms with Crippen LogP contribution in [0.1, 0.15) is 27.7 Å². The first kappa shape index (κ1) is 36.2. The topological polar surface area (TPSA) is 128 Å². The Morgan fingerprint density at radius 2 is 1.16 bits per heavy atom. The van der Waals surface area contributed by atoms with Crippen LogP contribution in [0.4, 0.5) is 0 Å². The zero-order chi connectivity index (χ0) is 24.4. The highest BCUT2D eigenvalue weighted by atomic mass is 79.9. The van der Waals surface area contributed by atoms with Gasteiger partial charge in [-0.1, -0.05) is 15.9 Å². The first-order valence-corrected chi connectivity index (χ1v) is 15.1. The molecule has 0 aromatic carbocycles. The maximum Gasteiger partial charge on any atom is 0.331 e. The molecule has 0 heterocycles. The van der Waals surface area contributed by atoms with Crippen LogP contribution in [-0.2, 0) is 36.7 Å². The van der Waals surface area contributed by atoms with Crippen LogP contribution in [0.3, 0.4) is 0 Å². The summed E-state index contributed by atoms with van der Waals surface area (Å²) in [6.45, 7) is 12.2. The predicted octanol–water partition coefficient (Wildman–Crippen LogP) is 3.73. The Kier molecular flexibility index (Phi) is 31.4. The molecule has 0 bridgehead atoms. The van der Waals surface area contributed by atoms with E-state index in [-0.39, 0.29) is 0 Å². The molecule has 0 fully saturated rings. The van der Waals surface area contributed by atoms with Gasteiger partial charge in [0.2, 0.25) is 0 Å². The van der Waals surface area contributed by atoms with E-state index in [0.717, 1.165) is 6.54 Å². The van der Waals surface area contributed by atoms with Crippen LogP contribution in [0, 0.1) is 0 Å². The van der Waals surface area contributed by atoms with Crippen LogP contribution in [0.5, 0.6) is 0 Å². The largest absolute Gasteiger partial charge is 0.383 e. The molecule has 0 spiro atoms. The normalized spacial score (nSPS) is 11.4. The minimum Gasteiger partial charge on any atom is -0.383 e. The lowest BCUT2D eigenvalue weighted by molar-refractivity contribution is 0.198. The van der Waals surface area contributed by atoms with Crippen LogP contribution < -0.4 is 11.1 Å². The van der Waals surface area contributed by atoms with Crippen molar-refractivity contribution in [1.29, 1.82) is 0 Å². The molecule has 0 saturated carbocycles. The second-order valence-corrected chi connectivity index (χ2v) is 10.7. The number of hydrogen-bond acceptors (Lipinski definition) is 10. The maximum atomic E-state index is 11.9. The van der Waals surface area contributed by atoms with Gasteiger partial charge in [0.15, 0.2) is 0 Å². The molecule has 0 radical (unpaired) electrons. The minimum atomic E-state index is -2.87.